The molecule has 0 aliphatic carbocycles. The van der Waals surface area contributed by atoms with Gasteiger partial charge in [0.05, 0.1) is 12.2 Å². The number of aliphatic carboxylic acids is 1. The van der Waals surface area contributed by atoms with Gasteiger partial charge in [-0.2, -0.15) is 34.8 Å². The van der Waals surface area contributed by atoms with Crippen molar-refractivity contribution in [2.45, 2.75) is 55.8 Å². The number of sulfonamides is 1. The maximum Gasteiger partial charge on any atom is 0.433 e. The molecule has 2 aromatic rings. The summed E-state index contributed by atoms with van der Waals surface area (Å²) in [5.41, 5.74) is -4.88. The van der Waals surface area contributed by atoms with Crippen molar-refractivity contribution >= 4 is 33.5 Å². The van der Waals surface area contributed by atoms with E-state index in [1.54, 1.807) is 0 Å². The fraction of sp³-hybridized carbons (Fsp3) is 0.409. The molecule has 0 fully saturated rings. The van der Waals surface area contributed by atoms with Gasteiger partial charge in [0.15, 0.2) is 5.03 Å². The Kier molecular flexibility index (Phi) is 7.96. The van der Waals surface area contributed by atoms with Gasteiger partial charge in [0.2, 0.25) is 5.60 Å². The van der Waals surface area contributed by atoms with E-state index in [9.17, 15) is 44.3 Å². The molecule has 214 valence electrons. The van der Waals surface area contributed by atoms with Crippen molar-refractivity contribution in [2.75, 3.05) is 16.2 Å². The van der Waals surface area contributed by atoms with Gasteiger partial charge in [-0.1, -0.05) is 6.07 Å². The zero-order valence-corrected chi connectivity index (χ0v) is 20.9. The van der Waals surface area contributed by atoms with Gasteiger partial charge in [-0.25, -0.2) is 9.78 Å². The van der Waals surface area contributed by atoms with Crippen LogP contribution in [0.4, 0.5) is 42.5 Å². The fourth-order valence-electron chi connectivity index (χ4n) is 3.31. The topological polar surface area (TPSA) is 135 Å². The molecule has 39 heavy (non-hydrogen) atoms. The Morgan fingerprint density at radius 3 is 2.41 bits per heavy atom. The summed E-state index contributed by atoms with van der Waals surface area (Å²) in [4.78, 5) is 26.3. The first-order chi connectivity index (χ1) is 17.8. The molecule has 1 atom stereocenters. The SMILES string of the molecule is CC(C)(OC(=O)Nc1ccc2c(c1)N(S(=O)(=O)c1cccc(C(F)(F)F)n1)CC(CCC(=O)O)O2)C(F)(F)F. The average Bonchev–Trinajstić information content (AvgIpc) is 2.80. The maximum absolute atomic E-state index is 13.4. The molecule has 1 aromatic carbocycles. The predicted octanol–water partition coefficient (Wildman–Crippen LogP) is 4.81. The molecule has 1 aliphatic rings. The summed E-state index contributed by atoms with van der Waals surface area (Å²) in [6.07, 6.45) is -13.0. The Morgan fingerprint density at radius 2 is 1.82 bits per heavy atom. The Hall–Kier alpha value is -3.76. The number of hydrogen-bond acceptors (Lipinski definition) is 7. The van der Waals surface area contributed by atoms with Gasteiger partial charge >= 0.3 is 24.4 Å². The third-order valence-corrected chi connectivity index (χ3v) is 7.10. The molecular weight excluding hydrogens is 564 g/mol. The molecule has 3 rings (SSSR count). The third kappa shape index (κ3) is 6.82. The second-order valence-electron chi connectivity index (χ2n) is 8.77. The van der Waals surface area contributed by atoms with E-state index in [2.05, 4.69) is 9.72 Å². The summed E-state index contributed by atoms with van der Waals surface area (Å²) in [5.74, 6) is -1.36. The van der Waals surface area contributed by atoms with E-state index in [0.717, 1.165) is 30.3 Å². The highest BCUT2D eigenvalue weighted by Gasteiger charge is 2.51. The molecule has 2 heterocycles. The van der Waals surface area contributed by atoms with Crippen molar-refractivity contribution in [1.29, 1.82) is 0 Å². The van der Waals surface area contributed by atoms with Gasteiger partial charge in [-0.3, -0.25) is 14.4 Å². The lowest BCUT2D eigenvalue weighted by Gasteiger charge is -2.35. The standard InChI is InChI=1S/C22H21F6N3O7S/c1-20(2,22(26,27)28)38-19(34)29-12-6-8-15-14(10-12)31(11-13(37-15)7-9-18(32)33)39(35,36)17-5-3-4-16(30-17)21(23,24)25/h3-6,8,10,13H,7,9,11H2,1-2H3,(H,29,34)(H,32,33). The molecule has 2 N–H and O–H groups in total. The highest BCUT2D eigenvalue weighted by Crippen LogP contribution is 2.40. The maximum atomic E-state index is 13.4. The summed E-state index contributed by atoms with van der Waals surface area (Å²) >= 11 is 0. The number of alkyl halides is 6. The molecule has 1 aromatic heterocycles. The summed E-state index contributed by atoms with van der Waals surface area (Å²) < 4.78 is 116. The number of hydrogen-bond donors (Lipinski definition) is 2. The lowest BCUT2D eigenvalue weighted by atomic mass is 10.1. The first-order valence-electron chi connectivity index (χ1n) is 11.0. The predicted molar refractivity (Wildman–Crippen MR) is 122 cm³/mol. The molecule has 0 spiro atoms. The van der Waals surface area contributed by atoms with Gasteiger partial charge in [0, 0.05) is 12.1 Å². The summed E-state index contributed by atoms with van der Waals surface area (Å²) in [6.45, 7) is 0.678. The number of carboxylic acids is 1. The number of anilines is 2. The minimum atomic E-state index is -4.96. The number of pyridine rings is 1. The first-order valence-corrected chi connectivity index (χ1v) is 12.4. The van der Waals surface area contributed by atoms with Crippen LogP contribution < -0.4 is 14.4 Å². The summed E-state index contributed by atoms with van der Waals surface area (Å²) in [5, 5.41) is 10.0. The van der Waals surface area contributed by atoms with Crippen LogP contribution in [0.3, 0.4) is 0 Å². The molecule has 1 unspecified atom stereocenters. The van der Waals surface area contributed by atoms with Crippen LogP contribution >= 0.6 is 0 Å². The van der Waals surface area contributed by atoms with E-state index in [0.29, 0.717) is 24.2 Å². The van der Waals surface area contributed by atoms with Crippen LogP contribution in [0, 0.1) is 0 Å². The van der Waals surface area contributed by atoms with E-state index in [1.807, 2.05) is 5.32 Å². The van der Waals surface area contributed by atoms with Gasteiger partial charge in [-0.05, 0) is 50.6 Å². The number of benzene rings is 1. The number of nitrogens with one attached hydrogen (secondary N) is 1. The number of nitrogens with zero attached hydrogens (tertiary/aromatic N) is 2. The van der Waals surface area contributed by atoms with E-state index in [-0.39, 0.29) is 23.5 Å². The quantitative estimate of drug-likeness (QED) is 0.442. The number of carboxylic acid groups (broad SMARTS) is 1. The zero-order chi connectivity index (χ0) is 29.4. The smallest absolute Gasteiger partial charge is 0.433 e. The van der Waals surface area contributed by atoms with Gasteiger partial charge in [0.1, 0.15) is 17.5 Å². The number of rotatable bonds is 7. The van der Waals surface area contributed by atoms with Crippen molar-refractivity contribution in [3.05, 3.63) is 42.1 Å². The first kappa shape index (κ1) is 29.8. The van der Waals surface area contributed by atoms with Crippen LogP contribution in [0.1, 0.15) is 32.4 Å². The van der Waals surface area contributed by atoms with Crippen LogP contribution in [0.5, 0.6) is 5.75 Å². The van der Waals surface area contributed by atoms with Crippen LogP contribution in [0.25, 0.3) is 0 Å². The van der Waals surface area contributed by atoms with Gasteiger partial charge in [-0.15, -0.1) is 0 Å². The normalized spacial score (nSPS) is 16.2. The van der Waals surface area contributed by atoms with Crippen LogP contribution in [0.2, 0.25) is 0 Å². The van der Waals surface area contributed by atoms with Crippen LogP contribution in [-0.4, -0.2) is 55.0 Å². The van der Waals surface area contributed by atoms with Crippen molar-refractivity contribution in [1.82, 2.24) is 4.98 Å². The zero-order valence-electron chi connectivity index (χ0n) is 20.1. The largest absolute Gasteiger partial charge is 0.486 e. The second-order valence-corrected chi connectivity index (χ2v) is 10.6. The van der Waals surface area contributed by atoms with Gasteiger partial charge in [0.25, 0.3) is 10.0 Å². The number of halogens is 6. The molecule has 0 saturated heterocycles. The Labute approximate surface area is 217 Å². The monoisotopic (exact) mass is 585 g/mol. The lowest BCUT2D eigenvalue weighted by Crippen LogP contribution is -2.44. The molecule has 1 amide bonds. The molecule has 1 aliphatic heterocycles. The van der Waals surface area contributed by atoms with Crippen molar-refractivity contribution in [3.63, 3.8) is 0 Å². The number of ether oxygens (including phenoxy) is 2. The minimum Gasteiger partial charge on any atom is -0.486 e. The van der Waals surface area contributed by atoms with E-state index in [4.69, 9.17) is 9.84 Å². The second kappa shape index (κ2) is 10.4. The van der Waals surface area contributed by atoms with Crippen LogP contribution in [-0.2, 0) is 25.7 Å². The molecule has 0 bridgehead atoms. The molecular formula is C22H21F6N3O7S. The highest BCUT2D eigenvalue weighted by molar-refractivity contribution is 7.92. The molecule has 17 heteroatoms. The number of carbonyl (C=O) groups is 2. The number of fused-ring (bicyclic) bond motifs is 1. The van der Waals surface area contributed by atoms with Crippen molar-refractivity contribution in [3.8, 4) is 5.75 Å². The molecule has 10 nitrogen and oxygen atoms in total. The summed E-state index contributed by atoms with van der Waals surface area (Å²) in [7, 11) is -4.82. The molecule has 0 saturated carbocycles. The van der Waals surface area contributed by atoms with Crippen molar-refractivity contribution in [2.24, 2.45) is 0 Å². The van der Waals surface area contributed by atoms with Crippen molar-refractivity contribution < 1.29 is 58.9 Å². The minimum absolute atomic E-state index is 0.151. The highest BCUT2D eigenvalue weighted by atomic mass is 32.2. The lowest BCUT2D eigenvalue weighted by molar-refractivity contribution is -0.242. The molecule has 0 radical (unpaired) electrons. The van der Waals surface area contributed by atoms with E-state index >= 15 is 0 Å². The number of aromatic nitrogens is 1. The fourth-order valence-corrected chi connectivity index (χ4v) is 4.77. The number of amides is 1. The Bertz CT molecular complexity index is 1360. The number of carbonyl (C=O) groups excluding carboxylic acids is 1. The third-order valence-electron chi connectivity index (χ3n) is 5.42. The van der Waals surface area contributed by atoms with Crippen LogP contribution in [0.15, 0.2) is 41.4 Å². The Morgan fingerprint density at radius 1 is 1.15 bits per heavy atom. The van der Waals surface area contributed by atoms with E-state index < -0.39 is 69.8 Å². The van der Waals surface area contributed by atoms with Gasteiger partial charge < -0.3 is 14.6 Å². The Balaban J connectivity index is 2.00. The average molecular weight is 585 g/mol. The summed E-state index contributed by atoms with van der Waals surface area (Å²) in [6, 6.07) is 5.52. The van der Waals surface area contributed by atoms with E-state index in [1.165, 1.54) is 0 Å².